The molecule has 4 nitrogen and oxygen atoms in total. The summed E-state index contributed by atoms with van der Waals surface area (Å²) >= 11 is 0. The molecule has 0 spiro atoms. The fourth-order valence-electron chi connectivity index (χ4n) is 0.528. The van der Waals surface area contributed by atoms with Crippen molar-refractivity contribution in [2.45, 2.75) is 6.92 Å². The Morgan fingerprint density at radius 3 is 2.89 bits per heavy atom. The Labute approximate surface area is 51.9 Å². The van der Waals surface area contributed by atoms with E-state index in [-0.39, 0.29) is 5.56 Å². The van der Waals surface area contributed by atoms with Gasteiger partial charge < -0.3 is 5.84 Å². The zero-order chi connectivity index (χ0) is 6.85. The molecular weight excluding hydrogens is 118 g/mol. The highest BCUT2D eigenvalue weighted by Crippen LogP contribution is 1.78. The van der Waals surface area contributed by atoms with Crippen LogP contribution in [0.5, 0.6) is 0 Å². The average Bonchev–Trinajstić information content (AvgIpc) is 1.83. The van der Waals surface area contributed by atoms with Gasteiger partial charge in [0, 0.05) is 11.8 Å². The molecule has 1 aromatic heterocycles. The molecule has 0 atom stereocenters. The Hall–Kier alpha value is -1.32. The van der Waals surface area contributed by atoms with Crippen LogP contribution in [0.15, 0.2) is 17.3 Å². The van der Waals surface area contributed by atoms with Crippen LogP contribution < -0.4 is 11.4 Å². The maximum absolute atomic E-state index is 10.8. The first-order valence-electron chi connectivity index (χ1n) is 2.50. The van der Waals surface area contributed by atoms with Crippen molar-refractivity contribution in [3.63, 3.8) is 0 Å². The first-order chi connectivity index (χ1) is 4.22. The van der Waals surface area contributed by atoms with Gasteiger partial charge in [0.25, 0.3) is 5.56 Å². The third-order valence-corrected chi connectivity index (χ3v) is 1.03. The van der Waals surface area contributed by atoms with Crippen molar-refractivity contribution in [2.75, 3.05) is 5.84 Å². The Bertz CT molecular complexity index is 242. The third-order valence-electron chi connectivity index (χ3n) is 1.03. The first-order valence-corrected chi connectivity index (χ1v) is 2.50. The number of nitrogen functional groups attached to an aromatic ring is 1. The molecule has 48 valence electrons. The number of aryl methyl sites for hydroxylation is 1. The Morgan fingerprint density at radius 2 is 2.44 bits per heavy atom. The lowest BCUT2D eigenvalue weighted by Crippen LogP contribution is -2.28. The minimum Gasteiger partial charge on any atom is -0.335 e. The second-order valence-corrected chi connectivity index (χ2v) is 1.79. The minimum atomic E-state index is -0.204. The van der Waals surface area contributed by atoms with E-state index < -0.39 is 0 Å². The standard InChI is InChI=1S/C5H7N3O/c1-4-2-7-3-8(6)5(4)9/h2-3H,6H2,1H3. The van der Waals surface area contributed by atoms with Gasteiger partial charge in [0.15, 0.2) is 0 Å². The van der Waals surface area contributed by atoms with Gasteiger partial charge in [-0.2, -0.15) is 0 Å². The molecule has 0 aliphatic heterocycles. The maximum atomic E-state index is 10.8. The largest absolute Gasteiger partial charge is 0.335 e. The zero-order valence-electron chi connectivity index (χ0n) is 5.03. The minimum absolute atomic E-state index is 0.204. The van der Waals surface area contributed by atoms with E-state index in [0.717, 1.165) is 4.68 Å². The molecule has 0 fully saturated rings. The van der Waals surface area contributed by atoms with Gasteiger partial charge >= 0.3 is 0 Å². The smallest absolute Gasteiger partial charge is 0.274 e. The second-order valence-electron chi connectivity index (χ2n) is 1.79. The normalized spacial score (nSPS) is 9.44. The first kappa shape index (κ1) is 5.81. The molecule has 0 amide bonds. The van der Waals surface area contributed by atoms with Gasteiger partial charge in [-0.05, 0) is 6.92 Å². The Morgan fingerprint density at radius 1 is 1.78 bits per heavy atom. The van der Waals surface area contributed by atoms with Gasteiger partial charge in [0.05, 0.1) is 0 Å². The van der Waals surface area contributed by atoms with Crippen molar-refractivity contribution in [1.82, 2.24) is 9.66 Å². The molecule has 0 unspecified atom stereocenters. The second kappa shape index (κ2) is 1.89. The van der Waals surface area contributed by atoms with Crippen LogP contribution in [0.2, 0.25) is 0 Å². The molecular formula is C5H7N3O. The van der Waals surface area contributed by atoms with Crippen LogP contribution in [0.25, 0.3) is 0 Å². The van der Waals surface area contributed by atoms with Crippen LogP contribution >= 0.6 is 0 Å². The van der Waals surface area contributed by atoms with E-state index in [1.54, 1.807) is 6.92 Å². The third kappa shape index (κ3) is 0.910. The fourth-order valence-corrected chi connectivity index (χ4v) is 0.528. The van der Waals surface area contributed by atoms with E-state index >= 15 is 0 Å². The Kier molecular flexibility index (Phi) is 1.22. The highest BCUT2D eigenvalue weighted by Gasteiger charge is 1.91. The van der Waals surface area contributed by atoms with E-state index in [1.165, 1.54) is 12.5 Å². The molecule has 1 heterocycles. The summed E-state index contributed by atoms with van der Waals surface area (Å²) in [7, 11) is 0. The van der Waals surface area contributed by atoms with E-state index in [2.05, 4.69) is 4.98 Å². The molecule has 1 aromatic rings. The van der Waals surface area contributed by atoms with Gasteiger partial charge in [-0.1, -0.05) is 0 Å². The number of nitrogens with zero attached hydrogens (tertiary/aromatic N) is 2. The monoisotopic (exact) mass is 125 g/mol. The fraction of sp³-hybridized carbons (Fsp3) is 0.200. The Balaban J connectivity index is 3.43. The molecule has 0 aliphatic carbocycles. The summed E-state index contributed by atoms with van der Waals surface area (Å²) in [5, 5.41) is 0. The van der Waals surface area contributed by atoms with Crippen molar-refractivity contribution in [1.29, 1.82) is 0 Å². The van der Waals surface area contributed by atoms with Crippen molar-refractivity contribution >= 4 is 0 Å². The number of hydrogen-bond donors (Lipinski definition) is 1. The highest BCUT2D eigenvalue weighted by molar-refractivity contribution is 5.00. The van der Waals surface area contributed by atoms with E-state index in [0.29, 0.717) is 5.56 Å². The number of nitrogens with two attached hydrogens (primary N) is 1. The maximum Gasteiger partial charge on any atom is 0.274 e. The van der Waals surface area contributed by atoms with Gasteiger partial charge in [-0.25, -0.2) is 9.66 Å². The molecule has 0 bridgehead atoms. The molecule has 9 heavy (non-hydrogen) atoms. The van der Waals surface area contributed by atoms with Gasteiger partial charge in [-0.15, -0.1) is 0 Å². The van der Waals surface area contributed by atoms with Crippen LogP contribution in [-0.2, 0) is 0 Å². The molecule has 1 rings (SSSR count). The topological polar surface area (TPSA) is 60.9 Å². The summed E-state index contributed by atoms with van der Waals surface area (Å²) in [6, 6.07) is 0. The van der Waals surface area contributed by atoms with Gasteiger partial charge in [0.1, 0.15) is 6.33 Å². The molecule has 0 aliphatic rings. The highest BCUT2D eigenvalue weighted by atomic mass is 16.1. The van der Waals surface area contributed by atoms with Crippen LogP contribution in [0.1, 0.15) is 5.56 Å². The van der Waals surface area contributed by atoms with Crippen molar-refractivity contribution in [3.05, 3.63) is 28.4 Å². The van der Waals surface area contributed by atoms with Crippen LogP contribution in [0, 0.1) is 6.92 Å². The lowest BCUT2D eigenvalue weighted by Gasteiger charge is -1.93. The molecule has 2 N–H and O–H groups in total. The number of hydrogen-bond acceptors (Lipinski definition) is 3. The SMILES string of the molecule is Cc1cncn(N)c1=O. The zero-order valence-corrected chi connectivity index (χ0v) is 5.03. The summed E-state index contributed by atoms with van der Waals surface area (Å²) < 4.78 is 0.954. The molecule has 4 heteroatoms. The molecule has 0 aromatic carbocycles. The predicted molar refractivity (Wildman–Crippen MR) is 33.4 cm³/mol. The van der Waals surface area contributed by atoms with Crippen LogP contribution in [0.4, 0.5) is 0 Å². The quantitative estimate of drug-likeness (QED) is 0.465. The summed E-state index contributed by atoms with van der Waals surface area (Å²) in [5.74, 6) is 5.16. The van der Waals surface area contributed by atoms with E-state index in [4.69, 9.17) is 5.84 Å². The molecule has 0 saturated heterocycles. The molecule has 0 radical (unpaired) electrons. The summed E-state index contributed by atoms with van der Waals surface area (Å²) in [4.78, 5) is 14.4. The van der Waals surface area contributed by atoms with E-state index in [9.17, 15) is 4.79 Å². The lowest BCUT2D eigenvalue weighted by atomic mass is 10.4. The van der Waals surface area contributed by atoms with Crippen LogP contribution in [0.3, 0.4) is 0 Å². The predicted octanol–water partition coefficient (Wildman–Crippen LogP) is -0.734. The van der Waals surface area contributed by atoms with Crippen molar-refractivity contribution in [2.24, 2.45) is 0 Å². The van der Waals surface area contributed by atoms with Gasteiger partial charge in [0.2, 0.25) is 0 Å². The van der Waals surface area contributed by atoms with Crippen molar-refractivity contribution < 1.29 is 0 Å². The number of aromatic nitrogens is 2. The van der Waals surface area contributed by atoms with Crippen molar-refractivity contribution in [3.8, 4) is 0 Å². The summed E-state index contributed by atoms with van der Waals surface area (Å²) in [6.45, 7) is 1.67. The molecule has 0 saturated carbocycles. The lowest BCUT2D eigenvalue weighted by molar-refractivity contribution is 0.873. The van der Waals surface area contributed by atoms with E-state index in [1.807, 2.05) is 0 Å². The number of rotatable bonds is 0. The average molecular weight is 125 g/mol. The van der Waals surface area contributed by atoms with Crippen LogP contribution in [-0.4, -0.2) is 9.66 Å². The summed E-state index contributed by atoms with van der Waals surface area (Å²) in [5.41, 5.74) is 0.352. The van der Waals surface area contributed by atoms with Gasteiger partial charge in [-0.3, -0.25) is 4.79 Å². The summed E-state index contributed by atoms with van der Waals surface area (Å²) in [6.07, 6.45) is 2.75.